The van der Waals surface area contributed by atoms with Crippen molar-refractivity contribution in [2.45, 2.75) is 18.6 Å². The molecule has 1 fully saturated rings. The average molecular weight is 297 g/mol. The molecular formula is C12H15N3O4S. The summed E-state index contributed by atoms with van der Waals surface area (Å²) in [6.45, 7) is 5.49. The van der Waals surface area contributed by atoms with Gasteiger partial charge in [0.05, 0.1) is 4.92 Å². The van der Waals surface area contributed by atoms with Gasteiger partial charge < -0.3 is 10.0 Å². The molecule has 2 heterocycles. The topological polar surface area (TPSA) is 96.6 Å². The minimum absolute atomic E-state index is 0.00250. The van der Waals surface area contributed by atoms with Gasteiger partial charge in [0, 0.05) is 29.7 Å². The molecule has 0 unspecified atom stereocenters. The van der Waals surface area contributed by atoms with Crippen molar-refractivity contribution in [3.8, 4) is 0 Å². The van der Waals surface area contributed by atoms with Crippen molar-refractivity contribution < 1.29 is 14.8 Å². The summed E-state index contributed by atoms with van der Waals surface area (Å²) >= 11 is 1.82. The number of aromatic nitrogens is 1. The molecule has 20 heavy (non-hydrogen) atoms. The van der Waals surface area contributed by atoms with E-state index in [9.17, 15) is 20.0 Å². The van der Waals surface area contributed by atoms with Crippen molar-refractivity contribution >= 4 is 29.2 Å². The van der Waals surface area contributed by atoms with Gasteiger partial charge in [-0.05, 0) is 13.8 Å². The van der Waals surface area contributed by atoms with Crippen molar-refractivity contribution in [3.63, 3.8) is 0 Å². The number of pyridine rings is 1. The van der Waals surface area contributed by atoms with E-state index in [0.717, 1.165) is 18.0 Å². The van der Waals surface area contributed by atoms with E-state index in [4.69, 9.17) is 0 Å². The molecule has 0 amide bonds. The average Bonchev–Trinajstić information content (AvgIpc) is 2.36. The van der Waals surface area contributed by atoms with Gasteiger partial charge in [-0.2, -0.15) is 11.8 Å². The molecule has 1 N–H and O–H groups in total. The van der Waals surface area contributed by atoms with Gasteiger partial charge in [-0.3, -0.25) is 10.1 Å². The van der Waals surface area contributed by atoms with Crippen LogP contribution in [0.4, 0.5) is 11.5 Å². The molecule has 8 heteroatoms. The maximum absolute atomic E-state index is 11.3. The molecule has 1 saturated heterocycles. The van der Waals surface area contributed by atoms with Crippen LogP contribution >= 0.6 is 11.8 Å². The van der Waals surface area contributed by atoms with E-state index in [2.05, 4.69) is 18.8 Å². The van der Waals surface area contributed by atoms with Gasteiger partial charge in [0.25, 0.3) is 5.69 Å². The monoisotopic (exact) mass is 297 g/mol. The molecule has 0 bridgehead atoms. The van der Waals surface area contributed by atoms with E-state index in [1.807, 2.05) is 16.7 Å². The highest BCUT2D eigenvalue weighted by atomic mass is 32.2. The Bertz CT molecular complexity index is 562. The molecule has 0 atom stereocenters. The maximum atomic E-state index is 11.3. The summed E-state index contributed by atoms with van der Waals surface area (Å²) in [6.07, 6.45) is 1.11. The number of hydrogen-bond acceptors (Lipinski definition) is 6. The van der Waals surface area contributed by atoms with Crippen molar-refractivity contribution in [2.75, 3.05) is 23.7 Å². The summed E-state index contributed by atoms with van der Waals surface area (Å²) in [5.41, 5.74) is -0.432. The molecule has 108 valence electrons. The number of carbonyl (C=O) groups is 1. The molecule has 1 aromatic heterocycles. The third-order valence-electron chi connectivity index (χ3n) is 3.02. The molecule has 2 rings (SSSR count). The Morgan fingerprint density at radius 3 is 2.85 bits per heavy atom. The molecule has 1 aliphatic heterocycles. The highest BCUT2D eigenvalue weighted by Crippen LogP contribution is 2.33. The van der Waals surface area contributed by atoms with E-state index in [-0.39, 0.29) is 16.0 Å². The number of aromatic carboxylic acids is 1. The SMILES string of the molecule is CC1(C)CN(c2ncc([N+](=O)[O-])cc2C(=O)O)CCS1. The third kappa shape index (κ3) is 3.01. The van der Waals surface area contributed by atoms with Crippen LogP contribution in [0.25, 0.3) is 0 Å². The summed E-state index contributed by atoms with van der Waals surface area (Å²) in [6, 6.07) is 1.07. The van der Waals surface area contributed by atoms with Crippen LogP contribution in [0.1, 0.15) is 24.2 Å². The summed E-state index contributed by atoms with van der Waals surface area (Å²) in [5.74, 6) is -0.0335. The van der Waals surface area contributed by atoms with Crippen LogP contribution in [0.3, 0.4) is 0 Å². The van der Waals surface area contributed by atoms with Gasteiger partial charge in [0.15, 0.2) is 0 Å². The first kappa shape index (κ1) is 14.6. The number of nitro groups is 1. The molecule has 1 aromatic rings. The number of carboxylic acids is 1. The van der Waals surface area contributed by atoms with E-state index in [1.54, 1.807) is 0 Å². The number of anilines is 1. The summed E-state index contributed by atoms with van der Waals surface area (Å²) in [7, 11) is 0. The number of nitrogens with zero attached hydrogens (tertiary/aromatic N) is 3. The Morgan fingerprint density at radius 2 is 2.30 bits per heavy atom. The third-order valence-corrected chi connectivity index (χ3v) is 4.32. The number of rotatable bonds is 3. The zero-order valence-corrected chi connectivity index (χ0v) is 12.0. The second kappa shape index (κ2) is 5.28. The molecule has 0 aliphatic carbocycles. The van der Waals surface area contributed by atoms with Crippen LogP contribution in [0.2, 0.25) is 0 Å². The van der Waals surface area contributed by atoms with Crippen molar-refractivity contribution in [3.05, 3.63) is 27.9 Å². The van der Waals surface area contributed by atoms with E-state index < -0.39 is 10.9 Å². The fourth-order valence-electron chi connectivity index (χ4n) is 2.15. The Hall–Kier alpha value is -1.83. The van der Waals surface area contributed by atoms with Gasteiger partial charge in [0.1, 0.15) is 17.6 Å². The van der Waals surface area contributed by atoms with Crippen LogP contribution in [0, 0.1) is 10.1 Å². The molecular weight excluding hydrogens is 282 g/mol. The fraction of sp³-hybridized carbons (Fsp3) is 0.500. The van der Waals surface area contributed by atoms with Gasteiger partial charge >= 0.3 is 5.97 Å². The Morgan fingerprint density at radius 1 is 1.60 bits per heavy atom. The predicted molar refractivity (Wildman–Crippen MR) is 76.6 cm³/mol. The predicted octanol–water partition coefficient (Wildman–Crippen LogP) is 2.02. The maximum Gasteiger partial charge on any atom is 0.339 e. The number of hydrogen-bond donors (Lipinski definition) is 1. The lowest BCUT2D eigenvalue weighted by Crippen LogP contribution is -2.44. The minimum atomic E-state index is -1.20. The van der Waals surface area contributed by atoms with Crippen molar-refractivity contribution in [1.29, 1.82) is 0 Å². The van der Waals surface area contributed by atoms with Crippen LogP contribution in [-0.2, 0) is 0 Å². The molecule has 7 nitrogen and oxygen atoms in total. The molecule has 0 radical (unpaired) electrons. The summed E-state index contributed by atoms with van der Waals surface area (Å²) in [5, 5.41) is 20.0. The van der Waals surface area contributed by atoms with Gasteiger partial charge in [-0.25, -0.2) is 9.78 Å². The molecule has 0 spiro atoms. The zero-order valence-electron chi connectivity index (χ0n) is 11.2. The van der Waals surface area contributed by atoms with Crippen LogP contribution in [0.15, 0.2) is 12.3 Å². The first-order valence-electron chi connectivity index (χ1n) is 6.07. The van der Waals surface area contributed by atoms with Crippen molar-refractivity contribution in [2.24, 2.45) is 0 Å². The molecule has 0 saturated carbocycles. The van der Waals surface area contributed by atoms with E-state index in [1.165, 1.54) is 0 Å². The van der Waals surface area contributed by atoms with Crippen molar-refractivity contribution in [1.82, 2.24) is 4.98 Å². The second-order valence-electron chi connectivity index (χ2n) is 5.16. The molecule has 1 aliphatic rings. The first-order valence-corrected chi connectivity index (χ1v) is 7.05. The smallest absolute Gasteiger partial charge is 0.339 e. The Labute approximate surface area is 120 Å². The normalized spacial score (nSPS) is 17.8. The largest absolute Gasteiger partial charge is 0.478 e. The van der Waals surface area contributed by atoms with Crippen LogP contribution in [-0.4, -0.2) is 44.6 Å². The number of carboxylic acid groups (broad SMARTS) is 1. The highest BCUT2D eigenvalue weighted by molar-refractivity contribution is 8.00. The van der Waals surface area contributed by atoms with E-state index in [0.29, 0.717) is 18.9 Å². The van der Waals surface area contributed by atoms with Gasteiger partial charge in [-0.15, -0.1) is 0 Å². The summed E-state index contributed by atoms with van der Waals surface area (Å²) in [4.78, 5) is 27.3. The number of thioether (sulfide) groups is 1. The lowest BCUT2D eigenvalue weighted by molar-refractivity contribution is -0.385. The Balaban J connectivity index is 2.40. The lowest BCUT2D eigenvalue weighted by atomic mass is 10.1. The summed E-state index contributed by atoms with van der Waals surface area (Å²) < 4.78 is -0.00250. The van der Waals surface area contributed by atoms with Crippen LogP contribution < -0.4 is 4.90 Å². The lowest BCUT2D eigenvalue weighted by Gasteiger charge is -2.38. The quantitative estimate of drug-likeness (QED) is 0.673. The standard InChI is InChI=1S/C12H15N3O4S/c1-12(2)7-14(3-4-20-12)10-9(11(16)17)5-8(6-13-10)15(18)19/h5-6H,3-4,7H2,1-2H3,(H,16,17). The van der Waals surface area contributed by atoms with Crippen LogP contribution in [0.5, 0.6) is 0 Å². The zero-order chi connectivity index (χ0) is 14.9. The van der Waals surface area contributed by atoms with Gasteiger partial charge in [0.2, 0.25) is 0 Å². The minimum Gasteiger partial charge on any atom is -0.478 e. The first-order chi connectivity index (χ1) is 9.30. The fourth-order valence-corrected chi connectivity index (χ4v) is 3.26. The van der Waals surface area contributed by atoms with Gasteiger partial charge in [-0.1, -0.05) is 0 Å². The highest BCUT2D eigenvalue weighted by Gasteiger charge is 2.30. The second-order valence-corrected chi connectivity index (χ2v) is 6.96. The molecule has 0 aromatic carbocycles. The Kier molecular flexibility index (Phi) is 3.85. The van der Waals surface area contributed by atoms with E-state index >= 15 is 0 Å².